The monoisotopic (exact) mass is 347 g/mol. The van der Waals surface area contributed by atoms with Crippen LogP contribution in [0.15, 0.2) is 17.0 Å². The van der Waals surface area contributed by atoms with Crippen molar-refractivity contribution < 1.29 is 9.59 Å². The van der Waals surface area contributed by atoms with Gasteiger partial charge in [-0.2, -0.15) is 0 Å². The lowest BCUT2D eigenvalue weighted by Gasteiger charge is -2.20. The van der Waals surface area contributed by atoms with Crippen LogP contribution in [0, 0.1) is 5.92 Å². The summed E-state index contributed by atoms with van der Waals surface area (Å²) in [5, 5.41) is 3.00. The minimum atomic E-state index is 0.0567. The van der Waals surface area contributed by atoms with Gasteiger partial charge in [-0.1, -0.05) is 83.8 Å². The number of unbranched alkanes of at least 4 members (excludes halogenated alkanes) is 8. The molecule has 142 valence electrons. The molecule has 0 aliphatic heterocycles. The minimum Gasteiger partial charge on any atom is -0.322 e. The first kappa shape index (κ1) is 21.7. The number of carbonyl (C=O) groups excluding carboxylic acids is 2. The third-order valence-corrected chi connectivity index (χ3v) is 5.04. The molecule has 1 aliphatic rings. The average Bonchev–Trinajstić information content (AvgIpc) is 2.55. The van der Waals surface area contributed by atoms with Gasteiger partial charge in [0.15, 0.2) is 5.78 Å². The van der Waals surface area contributed by atoms with Crippen LogP contribution in [0.25, 0.3) is 0 Å². The van der Waals surface area contributed by atoms with Gasteiger partial charge in [-0.05, 0) is 19.8 Å². The van der Waals surface area contributed by atoms with Crippen molar-refractivity contribution in [1.82, 2.24) is 5.32 Å². The van der Waals surface area contributed by atoms with Gasteiger partial charge >= 0.3 is 0 Å². The van der Waals surface area contributed by atoms with E-state index in [1.165, 1.54) is 51.4 Å². The van der Waals surface area contributed by atoms with Crippen molar-refractivity contribution in [3.8, 4) is 0 Å². The summed E-state index contributed by atoms with van der Waals surface area (Å²) >= 11 is 0. The van der Waals surface area contributed by atoms with Gasteiger partial charge in [0.25, 0.3) is 0 Å². The Kier molecular flexibility index (Phi) is 11.2. The molecule has 0 fully saturated rings. The van der Waals surface area contributed by atoms with Crippen molar-refractivity contribution in [2.24, 2.45) is 5.92 Å². The maximum atomic E-state index is 12.6. The number of ketones is 1. The Balaban J connectivity index is 2.42. The van der Waals surface area contributed by atoms with Crippen molar-refractivity contribution in [2.75, 3.05) is 0 Å². The second kappa shape index (κ2) is 12.9. The van der Waals surface area contributed by atoms with Crippen molar-refractivity contribution in [2.45, 2.75) is 104 Å². The molecule has 1 atom stereocenters. The zero-order chi connectivity index (χ0) is 18.5. The Bertz CT molecular complexity index is 486. The van der Waals surface area contributed by atoms with E-state index in [0.717, 1.165) is 31.4 Å². The third kappa shape index (κ3) is 9.07. The predicted octanol–water partition coefficient (Wildman–Crippen LogP) is 5.84. The highest BCUT2D eigenvalue weighted by molar-refractivity contribution is 5.95. The van der Waals surface area contributed by atoms with Crippen LogP contribution >= 0.6 is 0 Å². The number of amides is 1. The van der Waals surface area contributed by atoms with Crippen LogP contribution in [0.5, 0.6) is 0 Å². The smallest absolute Gasteiger partial charge is 0.227 e. The Labute approximate surface area is 154 Å². The van der Waals surface area contributed by atoms with Crippen molar-refractivity contribution in [3.63, 3.8) is 0 Å². The molecule has 1 amide bonds. The number of nitrogens with one attached hydrogen (secondary N) is 1. The van der Waals surface area contributed by atoms with Gasteiger partial charge in [0.2, 0.25) is 5.91 Å². The highest BCUT2D eigenvalue weighted by Crippen LogP contribution is 2.22. The van der Waals surface area contributed by atoms with Crippen molar-refractivity contribution in [3.05, 3.63) is 17.0 Å². The summed E-state index contributed by atoms with van der Waals surface area (Å²) in [5.74, 6) is 0.301. The van der Waals surface area contributed by atoms with Crippen LogP contribution in [0.3, 0.4) is 0 Å². The molecule has 1 aliphatic carbocycles. The molecule has 0 heterocycles. The van der Waals surface area contributed by atoms with Gasteiger partial charge in [0, 0.05) is 17.9 Å². The Morgan fingerprint density at radius 3 is 1.92 bits per heavy atom. The number of hydrogen-bond donors (Lipinski definition) is 1. The van der Waals surface area contributed by atoms with Gasteiger partial charge in [0.1, 0.15) is 0 Å². The topological polar surface area (TPSA) is 46.2 Å². The molecule has 3 nitrogen and oxygen atoms in total. The molecule has 0 aromatic carbocycles. The number of rotatable bonds is 15. The normalized spacial score (nSPS) is 14.4. The molecule has 0 saturated carbocycles. The highest BCUT2D eigenvalue weighted by atomic mass is 16.2. The second-order valence-electron chi connectivity index (χ2n) is 7.41. The molecular weight excluding hydrogens is 310 g/mol. The SMILES string of the molecule is CCCCCCCCC(CCCCCC)C(=O)NC1=C=C(C(C)=O)C1. The number of hydrogen-bond acceptors (Lipinski definition) is 2. The Morgan fingerprint density at radius 1 is 0.920 bits per heavy atom. The van der Waals surface area contributed by atoms with Gasteiger partial charge in [-0.3, -0.25) is 9.59 Å². The average molecular weight is 348 g/mol. The molecule has 1 unspecified atom stereocenters. The first-order chi connectivity index (χ1) is 12.1. The molecule has 0 bridgehead atoms. The zero-order valence-electron chi connectivity index (χ0n) is 16.6. The van der Waals surface area contributed by atoms with Crippen LogP contribution < -0.4 is 5.32 Å². The van der Waals surface area contributed by atoms with Crippen molar-refractivity contribution >= 4 is 11.7 Å². The second-order valence-corrected chi connectivity index (χ2v) is 7.41. The van der Waals surface area contributed by atoms with E-state index in [1.807, 2.05) is 0 Å². The highest BCUT2D eigenvalue weighted by Gasteiger charge is 2.22. The van der Waals surface area contributed by atoms with E-state index in [1.54, 1.807) is 6.92 Å². The van der Waals surface area contributed by atoms with E-state index in [9.17, 15) is 9.59 Å². The summed E-state index contributed by atoms with van der Waals surface area (Å²) in [6.45, 7) is 6.00. The lowest BCUT2D eigenvalue weighted by molar-refractivity contribution is -0.125. The summed E-state index contributed by atoms with van der Waals surface area (Å²) < 4.78 is 0. The Hall–Kier alpha value is -1.34. The molecule has 3 heteroatoms. The van der Waals surface area contributed by atoms with E-state index < -0.39 is 0 Å². The quantitative estimate of drug-likeness (QED) is 0.299. The van der Waals surface area contributed by atoms with Gasteiger partial charge in [0.05, 0.1) is 5.70 Å². The number of carbonyl (C=O) groups is 2. The fourth-order valence-corrected chi connectivity index (χ4v) is 3.27. The van der Waals surface area contributed by atoms with E-state index >= 15 is 0 Å². The fraction of sp³-hybridized carbons (Fsp3) is 0.773. The van der Waals surface area contributed by atoms with Crippen LogP contribution in [-0.4, -0.2) is 11.7 Å². The third-order valence-electron chi connectivity index (χ3n) is 5.04. The first-order valence-corrected chi connectivity index (χ1v) is 10.4. The molecule has 0 aromatic rings. The van der Waals surface area contributed by atoms with E-state index in [-0.39, 0.29) is 17.6 Å². The summed E-state index contributed by atoms with van der Waals surface area (Å²) in [7, 11) is 0. The standard InChI is InChI=1S/C22H37NO2/c1-4-6-8-10-11-13-15-19(14-12-9-7-5-2)22(25)23-21-16-20(17-21)18(3)24/h19H,4-16H2,1-3H3,(H,23,25). The Morgan fingerprint density at radius 2 is 1.40 bits per heavy atom. The molecule has 0 spiro atoms. The molecule has 25 heavy (non-hydrogen) atoms. The van der Waals surface area contributed by atoms with E-state index in [2.05, 4.69) is 24.9 Å². The summed E-state index contributed by atoms with van der Waals surface area (Å²) in [5.41, 5.74) is 4.47. The van der Waals surface area contributed by atoms with Gasteiger partial charge in [-0.15, -0.1) is 0 Å². The maximum Gasteiger partial charge on any atom is 0.227 e. The molecule has 1 rings (SSSR count). The van der Waals surface area contributed by atoms with Gasteiger partial charge in [-0.25, -0.2) is 0 Å². The lowest BCUT2D eigenvalue weighted by atomic mass is 9.92. The first-order valence-electron chi connectivity index (χ1n) is 10.4. The molecule has 0 saturated heterocycles. The van der Waals surface area contributed by atoms with Crippen LogP contribution in [0.2, 0.25) is 0 Å². The summed E-state index contributed by atoms with van der Waals surface area (Å²) in [6, 6.07) is 0. The van der Waals surface area contributed by atoms with Crippen LogP contribution in [0.1, 0.15) is 104 Å². The largest absolute Gasteiger partial charge is 0.322 e. The van der Waals surface area contributed by atoms with E-state index in [4.69, 9.17) is 0 Å². The minimum absolute atomic E-state index is 0.0567. The van der Waals surface area contributed by atoms with E-state index in [0.29, 0.717) is 12.0 Å². The fourth-order valence-electron chi connectivity index (χ4n) is 3.27. The maximum absolute atomic E-state index is 12.6. The van der Waals surface area contributed by atoms with Crippen LogP contribution in [0.4, 0.5) is 0 Å². The zero-order valence-corrected chi connectivity index (χ0v) is 16.6. The molecule has 0 aromatic heterocycles. The summed E-state index contributed by atoms with van der Waals surface area (Å²) in [6.07, 6.45) is 14.9. The number of Topliss-reactive ketones (excluding diaryl/α,β-unsaturated/α-hetero) is 1. The van der Waals surface area contributed by atoms with Crippen molar-refractivity contribution in [1.29, 1.82) is 0 Å². The lowest BCUT2D eigenvalue weighted by Crippen LogP contribution is -2.32. The van der Waals surface area contributed by atoms with Gasteiger partial charge < -0.3 is 5.32 Å². The predicted molar refractivity (Wildman–Crippen MR) is 104 cm³/mol. The molecule has 0 radical (unpaired) electrons. The molecule has 1 N–H and O–H groups in total. The summed E-state index contributed by atoms with van der Waals surface area (Å²) in [4.78, 5) is 23.8. The van der Waals surface area contributed by atoms with Crippen LogP contribution in [-0.2, 0) is 9.59 Å². The molecular formula is C22H37NO2.